The number of carbonyl (C=O) groups excluding carboxylic acids is 1. The maximum atomic E-state index is 10.6. The Labute approximate surface area is 164 Å². The minimum Gasteiger partial charge on any atom is -0.550 e. The van der Waals surface area contributed by atoms with Gasteiger partial charge in [0.15, 0.2) is 0 Å². The molecule has 0 atom stereocenters. The first kappa shape index (κ1) is 22.2. The van der Waals surface area contributed by atoms with Crippen LogP contribution in [0, 0.1) is 0 Å². The van der Waals surface area contributed by atoms with Crippen LogP contribution in [0.15, 0.2) is 24.3 Å². The number of benzene rings is 1. The molecule has 0 fully saturated rings. The van der Waals surface area contributed by atoms with Gasteiger partial charge in [0.2, 0.25) is 0 Å². The zero-order valence-corrected chi connectivity index (χ0v) is 17.5. The van der Waals surface area contributed by atoms with Gasteiger partial charge in [-0.1, -0.05) is 26.0 Å². The molecule has 0 aliphatic heterocycles. The Kier molecular flexibility index (Phi) is 13.7. The molecule has 0 bridgehead atoms. The number of carbonyl (C=O) groups is 1. The Hall–Kier alpha value is 0.190. The molecule has 0 unspecified atom stereocenters. The summed E-state index contributed by atoms with van der Waals surface area (Å²) in [4.78, 5) is 13.0. The number of thioether (sulfide) groups is 2. The van der Waals surface area contributed by atoms with E-state index >= 15 is 0 Å². The molecule has 6 heteroatoms. The molecule has 0 saturated carbocycles. The molecule has 0 heterocycles. The van der Waals surface area contributed by atoms with Crippen LogP contribution in [-0.4, -0.2) is 42.1 Å². The topological polar surface area (TPSA) is 43.4 Å². The predicted octanol–water partition coefficient (Wildman–Crippen LogP) is -0.704. The van der Waals surface area contributed by atoms with E-state index in [1.54, 1.807) is 0 Å². The van der Waals surface area contributed by atoms with Crippen molar-refractivity contribution in [3.63, 3.8) is 0 Å². The maximum absolute atomic E-state index is 10.6. The molecule has 0 aliphatic rings. The van der Waals surface area contributed by atoms with Gasteiger partial charge in [0.1, 0.15) is 0 Å². The van der Waals surface area contributed by atoms with Crippen LogP contribution in [0.25, 0.3) is 0 Å². The van der Waals surface area contributed by atoms with Crippen molar-refractivity contribution >= 4 is 35.2 Å². The minimum absolute atomic E-state index is 0. The van der Waals surface area contributed by atoms with E-state index in [4.69, 9.17) is 0 Å². The van der Waals surface area contributed by atoms with Crippen molar-refractivity contribution in [2.24, 2.45) is 0 Å². The fraction of sp³-hybridized carbons (Fsp3) is 0.562. The largest absolute Gasteiger partial charge is 1.00 e. The molecule has 0 N–H and O–H groups in total. The normalized spacial score (nSPS) is 10.1. The van der Waals surface area contributed by atoms with E-state index < -0.39 is 5.97 Å². The monoisotopic (exact) mass is 349 g/mol. The van der Waals surface area contributed by atoms with Crippen molar-refractivity contribution < 1.29 is 39.5 Å². The molecule has 22 heavy (non-hydrogen) atoms. The third-order valence-electron chi connectivity index (χ3n) is 3.07. The summed E-state index contributed by atoms with van der Waals surface area (Å²) in [7, 11) is 0. The Morgan fingerprint density at radius 2 is 1.55 bits per heavy atom. The van der Waals surface area contributed by atoms with Crippen LogP contribution in [0.4, 0.5) is 5.69 Å². The molecule has 0 aromatic heterocycles. The van der Waals surface area contributed by atoms with Gasteiger partial charge < -0.3 is 14.8 Å². The molecule has 3 nitrogen and oxygen atoms in total. The summed E-state index contributed by atoms with van der Waals surface area (Å²) < 4.78 is 0. The SMILES string of the molecule is CCSCCN(CCSCC)c1ccc(CC(=O)[O-])cc1.[Na+]. The zero-order chi connectivity index (χ0) is 15.5. The fourth-order valence-corrected chi connectivity index (χ4v) is 3.28. The molecule has 0 radical (unpaired) electrons. The van der Waals surface area contributed by atoms with Gasteiger partial charge >= 0.3 is 29.6 Å². The number of aliphatic carboxylic acids is 1. The minimum atomic E-state index is -1.03. The summed E-state index contributed by atoms with van der Waals surface area (Å²) in [6.45, 7) is 6.42. The predicted molar refractivity (Wildman–Crippen MR) is 93.4 cm³/mol. The molecule has 0 spiro atoms. The number of hydrogen-bond acceptors (Lipinski definition) is 5. The Balaban J connectivity index is 0.00000441. The van der Waals surface area contributed by atoms with E-state index in [-0.39, 0.29) is 36.0 Å². The number of hydrogen-bond donors (Lipinski definition) is 0. The molecule has 0 saturated heterocycles. The number of anilines is 1. The first-order valence-corrected chi connectivity index (χ1v) is 9.67. The van der Waals surface area contributed by atoms with Crippen LogP contribution in [-0.2, 0) is 11.2 Å². The summed E-state index contributed by atoms with van der Waals surface area (Å²) in [5, 5.41) is 10.6. The summed E-state index contributed by atoms with van der Waals surface area (Å²) in [5.41, 5.74) is 1.97. The molecule has 0 amide bonds. The zero-order valence-electron chi connectivity index (χ0n) is 13.8. The van der Waals surface area contributed by atoms with Crippen molar-refractivity contribution in [3.05, 3.63) is 29.8 Å². The van der Waals surface area contributed by atoms with Crippen LogP contribution in [0.5, 0.6) is 0 Å². The fourth-order valence-electron chi connectivity index (χ4n) is 2.00. The Morgan fingerprint density at radius 3 is 1.95 bits per heavy atom. The van der Waals surface area contributed by atoms with Crippen LogP contribution in [0.1, 0.15) is 19.4 Å². The Bertz CT molecular complexity index is 405. The number of rotatable bonds is 11. The van der Waals surface area contributed by atoms with Gasteiger partial charge in [-0.2, -0.15) is 23.5 Å². The van der Waals surface area contributed by atoms with Crippen molar-refractivity contribution in [1.29, 1.82) is 0 Å². The Morgan fingerprint density at radius 1 is 1.05 bits per heavy atom. The molecular weight excluding hydrogens is 325 g/mol. The van der Waals surface area contributed by atoms with Crippen molar-refractivity contribution in [2.45, 2.75) is 20.3 Å². The van der Waals surface area contributed by atoms with E-state index in [9.17, 15) is 9.90 Å². The van der Waals surface area contributed by atoms with Crippen molar-refractivity contribution in [2.75, 3.05) is 41.0 Å². The van der Waals surface area contributed by atoms with Gasteiger partial charge in [0.05, 0.1) is 0 Å². The summed E-state index contributed by atoms with van der Waals surface area (Å²) in [6.07, 6.45) is -0.0162. The molecule has 1 aromatic carbocycles. The number of nitrogens with zero attached hydrogens (tertiary/aromatic N) is 1. The summed E-state index contributed by atoms with van der Waals surface area (Å²) >= 11 is 3.89. The van der Waals surface area contributed by atoms with Crippen LogP contribution < -0.4 is 39.6 Å². The average molecular weight is 349 g/mol. The van der Waals surface area contributed by atoms with Gasteiger partial charge in [-0.15, -0.1) is 0 Å². The van der Waals surface area contributed by atoms with Crippen LogP contribution in [0.2, 0.25) is 0 Å². The molecular formula is C16H24NNaO2S2. The van der Waals surface area contributed by atoms with Gasteiger partial charge in [-0.05, 0) is 29.2 Å². The summed E-state index contributed by atoms with van der Waals surface area (Å²) in [5.74, 6) is 3.49. The van der Waals surface area contributed by atoms with Gasteiger partial charge in [0, 0.05) is 42.7 Å². The third kappa shape index (κ3) is 9.36. The van der Waals surface area contributed by atoms with E-state index in [2.05, 4.69) is 18.7 Å². The molecule has 1 rings (SSSR count). The van der Waals surface area contributed by atoms with Crippen LogP contribution >= 0.6 is 23.5 Å². The number of carboxylic acids is 1. The van der Waals surface area contributed by atoms with Crippen LogP contribution in [0.3, 0.4) is 0 Å². The molecule has 0 aliphatic carbocycles. The maximum Gasteiger partial charge on any atom is 1.00 e. The van der Waals surface area contributed by atoms with E-state index in [1.165, 1.54) is 5.69 Å². The van der Waals surface area contributed by atoms with Gasteiger partial charge in [0.25, 0.3) is 0 Å². The van der Waals surface area contributed by atoms with Gasteiger partial charge in [-0.3, -0.25) is 0 Å². The average Bonchev–Trinajstić information content (AvgIpc) is 2.46. The molecule has 118 valence electrons. The second kappa shape index (κ2) is 13.6. The smallest absolute Gasteiger partial charge is 0.550 e. The second-order valence-corrected chi connectivity index (χ2v) is 7.38. The second-order valence-electron chi connectivity index (χ2n) is 4.60. The van der Waals surface area contributed by atoms with E-state index in [1.807, 2.05) is 47.8 Å². The number of carboxylic acid groups (broad SMARTS) is 1. The summed E-state index contributed by atoms with van der Waals surface area (Å²) in [6, 6.07) is 7.81. The first-order chi connectivity index (χ1) is 10.2. The van der Waals surface area contributed by atoms with Crippen molar-refractivity contribution in [1.82, 2.24) is 0 Å². The van der Waals surface area contributed by atoms with Gasteiger partial charge in [-0.25, -0.2) is 0 Å². The van der Waals surface area contributed by atoms with E-state index in [0.29, 0.717) is 0 Å². The van der Waals surface area contributed by atoms with E-state index in [0.717, 1.165) is 41.7 Å². The third-order valence-corrected chi connectivity index (χ3v) is 4.83. The first-order valence-electron chi connectivity index (χ1n) is 7.36. The standard InChI is InChI=1S/C16H25NO2S2.Na/c1-3-20-11-9-17(10-12-21-4-2)15-7-5-14(6-8-15)13-16(18)19;/h5-8H,3-4,9-13H2,1-2H3,(H,18,19);/q;+1/p-1. The quantitative estimate of drug-likeness (QED) is 0.390. The molecule has 1 aromatic rings. The van der Waals surface area contributed by atoms with Crippen molar-refractivity contribution in [3.8, 4) is 0 Å².